The van der Waals surface area contributed by atoms with Crippen LogP contribution in [0.25, 0.3) is 0 Å². The lowest BCUT2D eigenvalue weighted by Crippen LogP contribution is -1.96. The summed E-state index contributed by atoms with van der Waals surface area (Å²) in [6.07, 6.45) is 4.26. The zero-order chi connectivity index (χ0) is 8.97. The van der Waals surface area contributed by atoms with Crippen molar-refractivity contribution in [3.05, 3.63) is 17.8 Å². The molecule has 0 fully saturated rings. The van der Waals surface area contributed by atoms with E-state index >= 15 is 0 Å². The minimum Gasteiger partial charge on any atom is -0.474 e. The van der Waals surface area contributed by atoms with Gasteiger partial charge < -0.3 is 9.52 Å². The van der Waals surface area contributed by atoms with Crippen LogP contribution >= 0.6 is 0 Å². The van der Waals surface area contributed by atoms with E-state index in [-0.39, 0.29) is 5.89 Å². The molecule has 1 rings (SSSR count). The summed E-state index contributed by atoms with van der Waals surface area (Å²) in [5, 5.41) is 8.47. The monoisotopic (exact) mass is 169 g/mol. The number of rotatable bonds is 4. The van der Waals surface area contributed by atoms with Gasteiger partial charge in [-0.2, -0.15) is 0 Å². The SMILES string of the molecule is CCCCc1coc(C(=O)O)n1. The molecule has 0 saturated heterocycles. The third-order valence-corrected chi connectivity index (χ3v) is 1.52. The van der Waals surface area contributed by atoms with Crippen LogP contribution in [0.3, 0.4) is 0 Å². The van der Waals surface area contributed by atoms with Gasteiger partial charge in [0.1, 0.15) is 6.26 Å². The fourth-order valence-corrected chi connectivity index (χ4v) is 0.878. The Morgan fingerprint density at radius 3 is 3.00 bits per heavy atom. The standard InChI is InChI=1S/C8H11NO3/c1-2-3-4-6-5-12-7(9-6)8(10)11/h5H,2-4H2,1H3,(H,10,11). The maximum atomic E-state index is 10.3. The minimum absolute atomic E-state index is 0.221. The van der Waals surface area contributed by atoms with Gasteiger partial charge in [-0.1, -0.05) is 13.3 Å². The molecule has 4 nitrogen and oxygen atoms in total. The van der Waals surface area contributed by atoms with E-state index in [0.717, 1.165) is 19.3 Å². The highest BCUT2D eigenvalue weighted by molar-refractivity contribution is 5.82. The lowest BCUT2D eigenvalue weighted by molar-refractivity contribution is 0.0653. The third kappa shape index (κ3) is 2.08. The molecule has 0 aliphatic carbocycles. The first kappa shape index (κ1) is 8.77. The first-order chi connectivity index (χ1) is 5.74. The van der Waals surface area contributed by atoms with E-state index < -0.39 is 5.97 Å². The van der Waals surface area contributed by atoms with Gasteiger partial charge in [0.25, 0.3) is 0 Å². The second-order valence-electron chi connectivity index (χ2n) is 2.55. The van der Waals surface area contributed by atoms with Gasteiger partial charge in [0.2, 0.25) is 0 Å². The Kier molecular flexibility index (Phi) is 2.85. The Labute approximate surface area is 70.2 Å². The Hall–Kier alpha value is -1.32. The van der Waals surface area contributed by atoms with Crippen LogP contribution in [-0.4, -0.2) is 16.1 Å². The lowest BCUT2D eigenvalue weighted by atomic mass is 10.2. The molecule has 1 N–H and O–H groups in total. The summed E-state index contributed by atoms with van der Waals surface area (Å²) in [4.78, 5) is 14.1. The van der Waals surface area contributed by atoms with Crippen molar-refractivity contribution >= 4 is 5.97 Å². The highest BCUT2D eigenvalue weighted by Crippen LogP contribution is 2.05. The molecule has 1 aromatic heterocycles. The van der Waals surface area contributed by atoms with Crippen molar-refractivity contribution < 1.29 is 14.3 Å². The van der Waals surface area contributed by atoms with Crippen LogP contribution in [0, 0.1) is 0 Å². The van der Waals surface area contributed by atoms with Gasteiger partial charge in [-0.3, -0.25) is 0 Å². The minimum atomic E-state index is -1.11. The van der Waals surface area contributed by atoms with Gasteiger partial charge in [0.15, 0.2) is 0 Å². The van der Waals surface area contributed by atoms with Crippen molar-refractivity contribution in [3.63, 3.8) is 0 Å². The number of aromatic nitrogens is 1. The predicted molar refractivity (Wildman–Crippen MR) is 42.1 cm³/mol. The van der Waals surface area contributed by atoms with Gasteiger partial charge in [-0.15, -0.1) is 0 Å². The van der Waals surface area contributed by atoms with Crippen LogP contribution in [0.15, 0.2) is 10.7 Å². The average Bonchev–Trinajstić information content (AvgIpc) is 2.48. The van der Waals surface area contributed by atoms with Crippen molar-refractivity contribution in [1.82, 2.24) is 4.98 Å². The summed E-state index contributed by atoms with van der Waals surface area (Å²) in [6.45, 7) is 2.07. The molecule has 12 heavy (non-hydrogen) atoms. The highest BCUT2D eigenvalue weighted by atomic mass is 16.4. The summed E-state index contributed by atoms with van der Waals surface area (Å²) in [7, 11) is 0. The van der Waals surface area contributed by atoms with Crippen LogP contribution in [0.2, 0.25) is 0 Å². The molecule has 0 amide bonds. The van der Waals surface area contributed by atoms with E-state index in [9.17, 15) is 4.79 Å². The molecule has 0 aromatic carbocycles. The van der Waals surface area contributed by atoms with Crippen molar-refractivity contribution in [1.29, 1.82) is 0 Å². The quantitative estimate of drug-likeness (QED) is 0.745. The number of nitrogens with zero attached hydrogens (tertiary/aromatic N) is 1. The van der Waals surface area contributed by atoms with Crippen LogP contribution in [-0.2, 0) is 6.42 Å². The molecule has 0 spiro atoms. The van der Waals surface area contributed by atoms with E-state index in [1.54, 1.807) is 0 Å². The molecule has 0 atom stereocenters. The number of oxazole rings is 1. The van der Waals surface area contributed by atoms with Crippen LogP contribution in [0.4, 0.5) is 0 Å². The third-order valence-electron chi connectivity index (χ3n) is 1.52. The van der Waals surface area contributed by atoms with Gasteiger partial charge in [0, 0.05) is 0 Å². The lowest BCUT2D eigenvalue weighted by Gasteiger charge is -1.88. The number of unbranched alkanes of at least 4 members (excludes halogenated alkanes) is 1. The van der Waals surface area contributed by atoms with Gasteiger partial charge >= 0.3 is 11.9 Å². The largest absolute Gasteiger partial charge is 0.474 e. The fraction of sp³-hybridized carbons (Fsp3) is 0.500. The zero-order valence-electron chi connectivity index (χ0n) is 6.91. The second kappa shape index (κ2) is 3.90. The fourth-order valence-electron chi connectivity index (χ4n) is 0.878. The molecular formula is C8H11NO3. The highest BCUT2D eigenvalue weighted by Gasteiger charge is 2.09. The van der Waals surface area contributed by atoms with Crippen LogP contribution < -0.4 is 0 Å². The summed E-state index contributed by atoms with van der Waals surface area (Å²) >= 11 is 0. The number of hydrogen-bond donors (Lipinski definition) is 1. The van der Waals surface area contributed by atoms with E-state index in [1.165, 1.54) is 6.26 Å². The molecule has 1 heterocycles. The molecule has 4 heteroatoms. The number of hydrogen-bond acceptors (Lipinski definition) is 3. The smallest absolute Gasteiger partial charge is 0.392 e. The zero-order valence-corrected chi connectivity index (χ0v) is 6.91. The van der Waals surface area contributed by atoms with Crippen molar-refractivity contribution in [2.75, 3.05) is 0 Å². The average molecular weight is 169 g/mol. The molecule has 0 aliphatic heterocycles. The number of aromatic carboxylic acids is 1. The maximum absolute atomic E-state index is 10.3. The second-order valence-corrected chi connectivity index (χ2v) is 2.55. The number of carboxylic acid groups (broad SMARTS) is 1. The summed E-state index contributed by atoms with van der Waals surface area (Å²) in [5.41, 5.74) is 0.717. The normalized spacial score (nSPS) is 10.1. The summed E-state index contributed by atoms with van der Waals surface area (Å²) in [6, 6.07) is 0. The summed E-state index contributed by atoms with van der Waals surface area (Å²) < 4.78 is 4.71. The summed E-state index contributed by atoms with van der Waals surface area (Å²) in [5.74, 6) is -1.33. The molecule has 0 saturated carbocycles. The topological polar surface area (TPSA) is 63.3 Å². The Bertz CT molecular complexity index is 267. The first-order valence-electron chi connectivity index (χ1n) is 3.91. The van der Waals surface area contributed by atoms with Crippen molar-refractivity contribution in [2.45, 2.75) is 26.2 Å². The van der Waals surface area contributed by atoms with Crippen LogP contribution in [0.1, 0.15) is 36.1 Å². The number of carbonyl (C=O) groups is 1. The van der Waals surface area contributed by atoms with E-state index in [4.69, 9.17) is 9.52 Å². The molecule has 1 aromatic rings. The van der Waals surface area contributed by atoms with Crippen molar-refractivity contribution in [2.24, 2.45) is 0 Å². The molecule has 66 valence electrons. The predicted octanol–water partition coefficient (Wildman–Crippen LogP) is 1.72. The Morgan fingerprint density at radius 1 is 1.75 bits per heavy atom. The Balaban J connectivity index is 2.58. The first-order valence-corrected chi connectivity index (χ1v) is 3.91. The molecule has 0 unspecified atom stereocenters. The number of carboxylic acids is 1. The van der Waals surface area contributed by atoms with Crippen LogP contribution in [0.5, 0.6) is 0 Å². The molecule has 0 aliphatic rings. The molecular weight excluding hydrogens is 158 g/mol. The molecule has 0 bridgehead atoms. The van der Waals surface area contributed by atoms with Crippen molar-refractivity contribution in [3.8, 4) is 0 Å². The van der Waals surface area contributed by atoms with Gasteiger partial charge in [-0.25, -0.2) is 9.78 Å². The molecule has 0 radical (unpaired) electrons. The van der Waals surface area contributed by atoms with E-state index in [2.05, 4.69) is 11.9 Å². The Morgan fingerprint density at radius 2 is 2.50 bits per heavy atom. The number of aryl methyl sites for hydroxylation is 1. The van der Waals surface area contributed by atoms with Gasteiger partial charge in [0.05, 0.1) is 5.69 Å². The van der Waals surface area contributed by atoms with Gasteiger partial charge in [-0.05, 0) is 12.8 Å². The van der Waals surface area contributed by atoms with E-state index in [1.807, 2.05) is 0 Å². The maximum Gasteiger partial charge on any atom is 0.392 e. The van der Waals surface area contributed by atoms with E-state index in [0.29, 0.717) is 5.69 Å².